The third-order valence-electron chi connectivity index (χ3n) is 3.35. The summed E-state index contributed by atoms with van der Waals surface area (Å²) in [5.41, 5.74) is 5.99. The van der Waals surface area contributed by atoms with Crippen molar-refractivity contribution < 1.29 is 9.84 Å². The van der Waals surface area contributed by atoms with Crippen LogP contribution in [-0.2, 0) is 0 Å². The Morgan fingerprint density at radius 2 is 1.95 bits per heavy atom. The first-order valence-electron chi connectivity index (χ1n) is 7.10. The molecule has 0 saturated heterocycles. The van der Waals surface area contributed by atoms with E-state index in [2.05, 4.69) is 19.9 Å². The number of ether oxygens (including phenoxy) is 1. The fraction of sp³-hybridized carbons (Fsp3) is 0.625. The molecule has 1 aromatic rings. The number of hydrogen-bond donors (Lipinski definition) is 2. The zero-order valence-corrected chi connectivity index (χ0v) is 12.4. The van der Waals surface area contributed by atoms with E-state index in [1.54, 1.807) is 6.92 Å². The van der Waals surface area contributed by atoms with E-state index < -0.39 is 5.60 Å². The summed E-state index contributed by atoms with van der Waals surface area (Å²) in [6, 6.07) is 8.17. The van der Waals surface area contributed by atoms with E-state index in [0.29, 0.717) is 19.1 Å². The predicted molar refractivity (Wildman–Crippen MR) is 79.6 cm³/mol. The van der Waals surface area contributed by atoms with Gasteiger partial charge in [-0.1, -0.05) is 32.0 Å². The Morgan fingerprint density at radius 3 is 2.58 bits per heavy atom. The molecule has 0 aliphatic carbocycles. The van der Waals surface area contributed by atoms with Crippen molar-refractivity contribution in [2.75, 3.05) is 13.2 Å². The summed E-state index contributed by atoms with van der Waals surface area (Å²) < 4.78 is 5.83. The van der Waals surface area contributed by atoms with Gasteiger partial charge in [0.1, 0.15) is 5.75 Å². The van der Waals surface area contributed by atoms with Gasteiger partial charge in [-0.05, 0) is 43.7 Å². The number of para-hydroxylation sites is 1. The lowest BCUT2D eigenvalue weighted by molar-refractivity contribution is 0.0562. The maximum atomic E-state index is 9.79. The highest BCUT2D eigenvalue weighted by Crippen LogP contribution is 2.26. The van der Waals surface area contributed by atoms with Crippen molar-refractivity contribution >= 4 is 0 Å². The van der Waals surface area contributed by atoms with E-state index in [-0.39, 0.29) is 0 Å². The summed E-state index contributed by atoms with van der Waals surface area (Å²) in [5, 5.41) is 9.79. The maximum absolute atomic E-state index is 9.79. The zero-order valence-electron chi connectivity index (χ0n) is 12.4. The molecule has 19 heavy (non-hydrogen) atoms. The first-order valence-corrected chi connectivity index (χ1v) is 7.10. The first kappa shape index (κ1) is 16.0. The van der Waals surface area contributed by atoms with Gasteiger partial charge in [-0.3, -0.25) is 0 Å². The second-order valence-electron chi connectivity index (χ2n) is 5.70. The molecule has 3 heteroatoms. The average Bonchev–Trinajstić information content (AvgIpc) is 2.38. The van der Waals surface area contributed by atoms with Crippen LogP contribution in [0, 0.1) is 0 Å². The van der Waals surface area contributed by atoms with Crippen molar-refractivity contribution in [3.05, 3.63) is 29.8 Å². The number of hydrogen-bond acceptors (Lipinski definition) is 3. The van der Waals surface area contributed by atoms with Gasteiger partial charge < -0.3 is 15.6 Å². The molecule has 0 aromatic heterocycles. The molecule has 0 fully saturated rings. The summed E-state index contributed by atoms with van der Waals surface area (Å²) in [7, 11) is 0. The second kappa shape index (κ2) is 7.51. The molecule has 108 valence electrons. The molecule has 0 saturated carbocycles. The topological polar surface area (TPSA) is 55.5 Å². The van der Waals surface area contributed by atoms with Gasteiger partial charge in [-0.25, -0.2) is 0 Å². The summed E-state index contributed by atoms with van der Waals surface area (Å²) in [5.74, 6) is 1.44. The normalized spacial score (nSPS) is 14.4. The monoisotopic (exact) mass is 265 g/mol. The maximum Gasteiger partial charge on any atom is 0.122 e. The standard InChI is InChI=1S/C16H27NO2/c1-13(2)14-8-4-5-9-15(14)19-11-7-6-10-16(3,18)12-17/h4-5,8-9,13,18H,6-7,10-12,17H2,1-3H3. The molecule has 0 aliphatic rings. The molecule has 0 spiro atoms. The smallest absolute Gasteiger partial charge is 0.122 e. The lowest BCUT2D eigenvalue weighted by Gasteiger charge is -2.20. The number of benzene rings is 1. The summed E-state index contributed by atoms with van der Waals surface area (Å²) >= 11 is 0. The number of rotatable bonds is 8. The van der Waals surface area contributed by atoms with Crippen LogP contribution in [0.1, 0.15) is 51.5 Å². The van der Waals surface area contributed by atoms with E-state index in [1.165, 1.54) is 5.56 Å². The quantitative estimate of drug-likeness (QED) is 0.710. The van der Waals surface area contributed by atoms with Crippen LogP contribution in [0.4, 0.5) is 0 Å². The van der Waals surface area contributed by atoms with Gasteiger partial charge in [0.15, 0.2) is 0 Å². The zero-order chi connectivity index (χ0) is 14.3. The van der Waals surface area contributed by atoms with Gasteiger partial charge in [-0.2, -0.15) is 0 Å². The molecular formula is C16H27NO2. The van der Waals surface area contributed by atoms with E-state index in [1.807, 2.05) is 18.2 Å². The van der Waals surface area contributed by atoms with E-state index >= 15 is 0 Å². The van der Waals surface area contributed by atoms with Crippen molar-refractivity contribution in [2.45, 2.75) is 51.6 Å². The second-order valence-corrected chi connectivity index (χ2v) is 5.70. The van der Waals surface area contributed by atoms with Crippen LogP contribution >= 0.6 is 0 Å². The molecule has 1 unspecified atom stereocenters. The van der Waals surface area contributed by atoms with Gasteiger partial charge in [-0.15, -0.1) is 0 Å². The minimum Gasteiger partial charge on any atom is -0.493 e. The molecule has 1 atom stereocenters. The molecule has 3 nitrogen and oxygen atoms in total. The Bertz CT molecular complexity index is 375. The van der Waals surface area contributed by atoms with Crippen molar-refractivity contribution in [1.29, 1.82) is 0 Å². The van der Waals surface area contributed by atoms with Gasteiger partial charge in [0.05, 0.1) is 12.2 Å². The van der Waals surface area contributed by atoms with Gasteiger partial charge in [0.2, 0.25) is 0 Å². The van der Waals surface area contributed by atoms with Crippen molar-refractivity contribution in [1.82, 2.24) is 0 Å². The van der Waals surface area contributed by atoms with Crippen molar-refractivity contribution in [3.8, 4) is 5.75 Å². The van der Waals surface area contributed by atoms with Gasteiger partial charge in [0, 0.05) is 6.54 Å². The third kappa shape index (κ3) is 5.62. The predicted octanol–water partition coefficient (Wildman–Crippen LogP) is 3.07. The van der Waals surface area contributed by atoms with Gasteiger partial charge in [0.25, 0.3) is 0 Å². The Kier molecular flexibility index (Phi) is 6.32. The molecule has 0 radical (unpaired) electrons. The first-order chi connectivity index (χ1) is 8.96. The summed E-state index contributed by atoms with van der Waals surface area (Å²) in [6.45, 7) is 7.11. The lowest BCUT2D eigenvalue weighted by Crippen LogP contribution is -2.33. The molecule has 0 heterocycles. The fourth-order valence-corrected chi connectivity index (χ4v) is 1.98. The molecule has 0 amide bonds. The Hall–Kier alpha value is -1.06. The largest absolute Gasteiger partial charge is 0.493 e. The van der Waals surface area contributed by atoms with Crippen molar-refractivity contribution in [3.63, 3.8) is 0 Å². The molecular weight excluding hydrogens is 238 g/mol. The molecule has 0 aliphatic heterocycles. The Labute approximate surface area is 116 Å². The van der Waals surface area contributed by atoms with Crippen LogP contribution in [0.15, 0.2) is 24.3 Å². The highest BCUT2D eigenvalue weighted by Gasteiger charge is 2.16. The highest BCUT2D eigenvalue weighted by atomic mass is 16.5. The van der Waals surface area contributed by atoms with Crippen LogP contribution in [0.25, 0.3) is 0 Å². The molecule has 1 aromatic carbocycles. The fourth-order valence-electron chi connectivity index (χ4n) is 1.98. The van der Waals surface area contributed by atoms with E-state index in [4.69, 9.17) is 10.5 Å². The molecule has 1 rings (SSSR count). The minimum absolute atomic E-state index is 0.310. The van der Waals surface area contributed by atoms with Crippen LogP contribution in [0.2, 0.25) is 0 Å². The van der Waals surface area contributed by atoms with E-state index in [0.717, 1.165) is 25.0 Å². The summed E-state index contributed by atoms with van der Waals surface area (Å²) in [4.78, 5) is 0. The average molecular weight is 265 g/mol. The highest BCUT2D eigenvalue weighted by molar-refractivity contribution is 5.35. The molecule has 0 bridgehead atoms. The number of nitrogens with two attached hydrogens (primary N) is 1. The third-order valence-corrected chi connectivity index (χ3v) is 3.35. The number of unbranched alkanes of at least 4 members (excludes halogenated alkanes) is 1. The van der Waals surface area contributed by atoms with Crippen LogP contribution in [0.3, 0.4) is 0 Å². The number of aliphatic hydroxyl groups is 1. The van der Waals surface area contributed by atoms with Gasteiger partial charge >= 0.3 is 0 Å². The van der Waals surface area contributed by atoms with Crippen LogP contribution in [-0.4, -0.2) is 23.9 Å². The van der Waals surface area contributed by atoms with E-state index in [9.17, 15) is 5.11 Å². The SMILES string of the molecule is CC(C)c1ccccc1OCCCCC(C)(O)CN. The Morgan fingerprint density at radius 1 is 1.26 bits per heavy atom. The lowest BCUT2D eigenvalue weighted by atomic mass is 9.99. The van der Waals surface area contributed by atoms with Crippen LogP contribution < -0.4 is 10.5 Å². The summed E-state index contributed by atoms with van der Waals surface area (Å²) in [6.07, 6.45) is 2.58. The minimum atomic E-state index is -0.740. The Balaban J connectivity index is 2.34. The van der Waals surface area contributed by atoms with Crippen molar-refractivity contribution in [2.24, 2.45) is 5.73 Å². The molecule has 3 N–H and O–H groups in total. The van der Waals surface area contributed by atoms with Crippen LogP contribution in [0.5, 0.6) is 5.75 Å².